The van der Waals surface area contributed by atoms with Crippen molar-refractivity contribution in [2.45, 2.75) is 25.9 Å². The van der Waals surface area contributed by atoms with Gasteiger partial charge < -0.3 is 14.8 Å². The van der Waals surface area contributed by atoms with Crippen LogP contribution < -0.4 is 15.0 Å². The summed E-state index contributed by atoms with van der Waals surface area (Å²) in [6, 6.07) is 5.06. The second-order valence-electron chi connectivity index (χ2n) is 5.25. The lowest BCUT2D eigenvalue weighted by molar-refractivity contribution is -0.129. The zero-order valence-electron chi connectivity index (χ0n) is 13.3. The lowest BCUT2D eigenvalue weighted by atomic mass is 10.1. The van der Waals surface area contributed by atoms with Crippen LogP contribution in [-0.2, 0) is 14.3 Å². The Hall–Kier alpha value is -1.79. The predicted octanol–water partition coefficient (Wildman–Crippen LogP) is 2.00. The van der Waals surface area contributed by atoms with Gasteiger partial charge in [0, 0.05) is 25.3 Å². The number of carbonyl (C=O) groups excluding carboxylic acids is 2. The number of methoxy groups -OCH3 is 1. The molecule has 1 heterocycles. The van der Waals surface area contributed by atoms with E-state index in [1.54, 1.807) is 25.3 Å². The number of anilines is 1. The van der Waals surface area contributed by atoms with E-state index in [-0.39, 0.29) is 18.4 Å². The molecule has 1 N–H and O–H groups in total. The number of ether oxygens (including phenoxy) is 2. The highest BCUT2D eigenvalue weighted by Gasteiger charge is 2.34. The minimum Gasteiger partial charge on any atom is -0.478 e. The number of fused-ring (bicyclic) bond motifs is 1. The van der Waals surface area contributed by atoms with Gasteiger partial charge in [0.05, 0.1) is 5.69 Å². The topological polar surface area (TPSA) is 67.9 Å². The van der Waals surface area contributed by atoms with Gasteiger partial charge in [-0.25, -0.2) is 0 Å². The fraction of sp³-hybridized carbons (Fsp3) is 0.500. The quantitative estimate of drug-likeness (QED) is 0.771. The van der Waals surface area contributed by atoms with Crippen molar-refractivity contribution in [3.8, 4) is 5.75 Å². The first-order valence-electron chi connectivity index (χ1n) is 7.60. The van der Waals surface area contributed by atoms with E-state index in [0.717, 1.165) is 6.42 Å². The Kier molecular flexibility index (Phi) is 6.24. The van der Waals surface area contributed by atoms with E-state index in [9.17, 15) is 9.59 Å². The third-order valence-electron chi connectivity index (χ3n) is 3.54. The summed E-state index contributed by atoms with van der Waals surface area (Å²) in [7, 11) is 1.61. The first-order chi connectivity index (χ1) is 11.1. The van der Waals surface area contributed by atoms with E-state index in [4.69, 9.17) is 21.1 Å². The van der Waals surface area contributed by atoms with E-state index in [2.05, 4.69) is 5.32 Å². The second-order valence-corrected chi connectivity index (χ2v) is 5.68. The summed E-state index contributed by atoms with van der Waals surface area (Å²) in [5, 5.41) is 3.26. The molecule has 0 aromatic heterocycles. The van der Waals surface area contributed by atoms with Crippen molar-refractivity contribution >= 4 is 29.1 Å². The summed E-state index contributed by atoms with van der Waals surface area (Å²) in [6.45, 7) is 2.89. The molecule has 23 heavy (non-hydrogen) atoms. The van der Waals surface area contributed by atoms with E-state index >= 15 is 0 Å². The van der Waals surface area contributed by atoms with Gasteiger partial charge in [-0.1, -0.05) is 18.5 Å². The summed E-state index contributed by atoms with van der Waals surface area (Å²) in [5.74, 6) is 0.111. The fourth-order valence-corrected chi connectivity index (χ4v) is 2.53. The molecule has 1 aromatic carbocycles. The van der Waals surface area contributed by atoms with E-state index < -0.39 is 6.10 Å². The van der Waals surface area contributed by atoms with Crippen molar-refractivity contribution in [2.75, 3.05) is 31.7 Å². The normalized spacial score (nSPS) is 16.7. The van der Waals surface area contributed by atoms with Crippen LogP contribution in [0.2, 0.25) is 5.02 Å². The number of amides is 2. The molecule has 0 bridgehead atoms. The largest absolute Gasteiger partial charge is 0.478 e. The van der Waals surface area contributed by atoms with Crippen molar-refractivity contribution in [2.24, 2.45) is 0 Å². The van der Waals surface area contributed by atoms with Crippen molar-refractivity contribution in [3.63, 3.8) is 0 Å². The maximum absolute atomic E-state index is 12.5. The van der Waals surface area contributed by atoms with Gasteiger partial charge >= 0.3 is 0 Å². The van der Waals surface area contributed by atoms with Crippen LogP contribution in [0.4, 0.5) is 5.69 Å². The van der Waals surface area contributed by atoms with Crippen LogP contribution in [0.15, 0.2) is 18.2 Å². The molecule has 0 spiro atoms. The molecule has 0 radical (unpaired) electrons. The van der Waals surface area contributed by atoms with E-state index in [1.165, 1.54) is 4.90 Å². The number of benzene rings is 1. The van der Waals surface area contributed by atoms with Crippen LogP contribution >= 0.6 is 11.6 Å². The summed E-state index contributed by atoms with van der Waals surface area (Å²) >= 11 is 6.01. The molecule has 1 atom stereocenters. The van der Waals surface area contributed by atoms with Crippen molar-refractivity contribution < 1.29 is 19.1 Å². The number of halogens is 1. The highest BCUT2D eigenvalue weighted by molar-refractivity contribution is 6.31. The van der Waals surface area contributed by atoms with Gasteiger partial charge in [-0.3, -0.25) is 14.5 Å². The molecule has 7 heteroatoms. The zero-order valence-corrected chi connectivity index (χ0v) is 14.1. The average molecular weight is 341 g/mol. The Morgan fingerprint density at radius 1 is 1.48 bits per heavy atom. The smallest absolute Gasteiger partial charge is 0.268 e. The molecule has 2 amide bonds. The summed E-state index contributed by atoms with van der Waals surface area (Å²) in [6.07, 6.45) is 0.677. The van der Waals surface area contributed by atoms with Crippen LogP contribution in [0.1, 0.15) is 19.8 Å². The molecule has 0 saturated heterocycles. The molecule has 1 aliphatic heterocycles. The molecular formula is C16H21ClN2O4. The highest BCUT2D eigenvalue weighted by Crippen LogP contribution is 2.36. The first kappa shape index (κ1) is 17.6. The highest BCUT2D eigenvalue weighted by atomic mass is 35.5. The Labute approximate surface area is 140 Å². The third kappa shape index (κ3) is 4.36. The first-order valence-corrected chi connectivity index (χ1v) is 7.97. The lowest BCUT2D eigenvalue weighted by Crippen LogP contribution is -2.49. The van der Waals surface area contributed by atoms with Gasteiger partial charge in [-0.2, -0.15) is 0 Å². The maximum atomic E-state index is 12.5. The van der Waals surface area contributed by atoms with Gasteiger partial charge in [-0.15, -0.1) is 0 Å². The Balaban J connectivity index is 2.11. The van der Waals surface area contributed by atoms with E-state index in [1.807, 2.05) is 6.92 Å². The molecule has 0 aliphatic carbocycles. The Morgan fingerprint density at radius 2 is 2.26 bits per heavy atom. The number of hydrogen-bond donors (Lipinski definition) is 1. The van der Waals surface area contributed by atoms with Crippen molar-refractivity contribution in [1.82, 2.24) is 5.32 Å². The molecule has 0 fully saturated rings. The third-order valence-corrected chi connectivity index (χ3v) is 3.78. The minimum absolute atomic E-state index is 0.0565. The lowest BCUT2D eigenvalue weighted by Gasteiger charge is -2.33. The monoisotopic (exact) mass is 340 g/mol. The molecule has 2 rings (SSSR count). The van der Waals surface area contributed by atoms with Gasteiger partial charge in [-0.05, 0) is 31.0 Å². The predicted molar refractivity (Wildman–Crippen MR) is 88.0 cm³/mol. The number of rotatable bonds is 7. The van der Waals surface area contributed by atoms with Crippen LogP contribution in [0.25, 0.3) is 0 Å². The molecule has 126 valence electrons. The molecule has 1 aromatic rings. The van der Waals surface area contributed by atoms with Crippen molar-refractivity contribution in [1.29, 1.82) is 0 Å². The van der Waals surface area contributed by atoms with Crippen LogP contribution in [0.3, 0.4) is 0 Å². The number of hydrogen-bond acceptors (Lipinski definition) is 4. The number of nitrogens with one attached hydrogen (secondary N) is 1. The van der Waals surface area contributed by atoms with Gasteiger partial charge in [0.1, 0.15) is 12.3 Å². The molecule has 0 unspecified atom stereocenters. The SMILES string of the molecule is CC[C@@H]1Oc2ccc(Cl)cc2N(CC(=O)NCCCOC)C1=O. The minimum atomic E-state index is -0.579. The van der Waals surface area contributed by atoms with Crippen LogP contribution in [0, 0.1) is 0 Å². The van der Waals surface area contributed by atoms with Gasteiger partial charge in [0.2, 0.25) is 5.91 Å². The Bertz CT molecular complexity index is 579. The molecule has 1 aliphatic rings. The van der Waals surface area contributed by atoms with Crippen LogP contribution in [-0.4, -0.2) is 44.7 Å². The maximum Gasteiger partial charge on any atom is 0.268 e. The molecule has 0 saturated carbocycles. The van der Waals surface area contributed by atoms with E-state index in [0.29, 0.717) is 36.0 Å². The van der Waals surface area contributed by atoms with Crippen LogP contribution in [0.5, 0.6) is 5.75 Å². The summed E-state index contributed by atoms with van der Waals surface area (Å²) < 4.78 is 10.6. The van der Waals surface area contributed by atoms with Gasteiger partial charge in [0.15, 0.2) is 6.10 Å². The molecule has 6 nitrogen and oxygen atoms in total. The van der Waals surface area contributed by atoms with Crippen molar-refractivity contribution in [3.05, 3.63) is 23.2 Å². The summed E-state index contributed by atoms with van der Waals surface area (Å²) in [4.78, 5) is 26.0. The standard InChI is InChI=1S/C16H21ClN2O4/c1-3-13-16(21)19(10-15(20)18-7-4-8-22-2)12-9-11(17)5-6-14(12)23-13/h5-6,9,13H,3-4,7-8,10H2,1-2H3,(H,18,20)/t13-/m0/s1. The Morgan fingerprint density at radius 3 is 2.96 bits per heavy atom. The fourth-order valence-electron chi connectivity index (χ4n) is 2.36. The average Bonchev–Trinajstić information content (AvgIpc) is 2.54. The summed E-state index contributed by atoms with van der Waals surface area (Å²) in [5.41, 5.74) is 0.527. The molecular weight excluding hydrogens is 320 g/mol. The second kappa shape index (κ2) is 8.17. The van der Waals surface area contributed by atoms with Gasteiger partial charge in [0.25, 0.3) is 5.91 Å². The number of nitrogens with zero attached hydrogens (tertiary/aromatic N) is 1. The number of carbonyl (C=O) groups is 2. The zero-order chi connectivity index (χ0) is 16.8.